The quantitative estimate of drug-likeness (QED) is 0.770. The van der Waals surface area contributed by atoms with Crippen molar-refractivity contribution in [1.29, 1.82) is 0 Å². The fourth-order valence-corrected chi connectivity index (χ4v) is 3.44. The van der Waals surface area contributed by atoms with E-state index in [1.165, 1.54) is 30.5 Å². The SMILES string of the molecule is CS(=O)(=NC(=O)Nc1ccc(SC(F)(F)F)cc1)c1ccccc1. The third-order valence-corrected chi connectivity index (χ3v) is 5.18. The second kappa shape index (κ2) is 7.27. The van der Waals surface area contributed by atoms with E-state index in [1.807, 2.05) is 0 Å². The van der Waals surface area contributed by atoms with E-state index in [0.717, 1.165) is 0 Å². The van der Waals surface area contributed by atoms with Crippen molar-refractivity contribution in [3.63, 3.8) is 0 Å². The van der Waals surface area contributed by atoms with Gasteiger partial charge in [0.1, 0.15) is 0 Å². The van der Waals surface area contributed by atoms with Crippen LogP contribution in [0.15, 0.2) is 68.8 Å². The molecule has 1 atom stereocenters. The van der Waals surface area contributed by atoms with E-state index in [9.17, 15) is 22.2 Å². The molecule has 128 valence electrons. The van der Waals surface area contributed by atoms with E-state index < -0.39 is 21.3 Å². The molecule has 0 spiro atoms. The molecule has 0 aliphatic rings. The number of nitrogens with zero attached hydrogens (tertiary/aromatic N) is 1. The second-order valence-electron chi connectivity index (χ2n) is 4.71. The van der Waals surface area contributed by atoms with Crippen molar-refractivity contribution in [3.05, 3.63) is 54.6 Å². The Morgan fingerprint density at radius 3 is 2.21 bits per heavy atom. The van der Waals surface area contributed by atoms with Crippen LogP contribution >= 0.6 is 11.8 Å². The number of benzene rings is 2. The number of rotatable bonds is 3. The third kappa shape index (κ3) is 5.57. The molecular weight excluding hydrogens is 361 g/mol. The number of nitrogens with one attached hydrogen (secondary N) is 1. The molecule has 24 heavy (non-hydrogen) atoms. The van der Waals surface area contributed by atoms with Gasteiger partial charge in [-0.2, -0.15) is 13.2 Å². The van der Waals surface area contributed by atoms with Crippen LogP contribution in [0, 0.1) is 0 Å². The zero-order valence-electron chi connectivity index (χ0n) is 12.4. The Hall–Kier alpha value is -2.00. The van der Waals surface area contributed by atoms with Crippen LogP contribution in [0.5, 0.6) is 0 Å². The summed E-state index contributed by atoms with van der Waals surface area (Å²) in [7, 11) is -2.90. The second-order valence-corrected chi connectivity index (χ2v) is 8.11. The van der Waals surface area contributed by atoms with Crippen LogP contribution in [0.2, 0.25) is 0 Å². The number of anilines is 1. The highest BCUT2D eigenvalue weighted by molar-refractivity contribution is 8.00. The first-order valence-electron chi connectivity index (χ1n) is 6.60. The Bertz CT molecular complexity index is 828. The molecule has 2 aromatic rings. The number of carbonyl (C=O) groups excluding carboxylic acids is 1. The summed E-state index contributed by atoms with van der Waals surface area (Å²) in [6.45, 7) is 0. The fourth-order valence-electron chi connectivity index (χ4n) is 1.77. The predicted octanol–water partition coefficient (Wildman–Crippen LogP) is 4.99. The summed E-state index contributed by atoms with van der Waals surface area (Å²) < 4.78 is 52.8. The lowest BCUT2D eigenvalue weighted by molar-refractivity contribution is -0.0328. The van der Waals surface area contributed by atoms with Crippen LogP contribution in [0.3, 0.4) is 0 Å². The molecule has 0 aliphatic heterocycles. The van der Waals surface area contributed by atoms with Crippen molar-refractivity contribution in [1.82, 2.24) is 0 Å². The van der Waals surface area contributed by atoms with E-state index in [4.69, 9.17) is 0 Å². The van der Waals surface area contributed by atoms with Crippen LogP contribution in [-0.4, -0.2) is 22.0 Å². The maximum absolute atomic E-state index is 12.4. The molecule has 0 radical (unpaired) electrons. The average molecular weight is 374 g/mol. The summed E-state index contributed by atoms with van der Waals surface area (Å²) in [6.07, 6.45) is 1.34. The molecular formula is C15H13F3N2O2S2. The van der Waals surface area contributed by atoms with E-state index in [1.54, 1.807) is 30.3 Å². The molecule has 1 unspecified atom stereocenters. The lowest BCUT2D eigenvalue weighted by Crippen LogP contribution is -2.10. The molecule has 4 nitrogen and oxygen atoms in total. The zero-order chi connectivity index (χ0) is 17.8. The minimum Gasteiger partial charge on any atom is -0.306 e. The van der Waals surface area contributed by atoms with Crippen LogP contribution in [0.4, 0.5) is 23.7 Å². The first-order chi connectivity index (χ1) is 11.2. The predicted molar refractivity (Wildman–Crippen MR) is 88.6 cm³/mol. The first kappa shape index (κ1) is 18.3. The van der Waals surface area contributed by atoms with Gasteiger partial charge < -0.3 is 5.32 Å². The Morgan fingerprint density at radius 2 is 1.67 bits per heavy atom. The Balaban J connectivity index is 2.10. The summed E-state index contributed by atoms with van der Waals surface area (Å²) >= 11 is -0.246. The molecule has 0 fully saturated rings. The van der Waals surface area contributed by atoms with Gasteiger partial charge in [-0.1, -0.05) is 18.2 Å². The van der Waals surface area contributed by atoms with Crippen LogP contribution < -0.4 is 5.32 Å². The van der Waals surface area contributed by atoms with E-state index >= 15 is 0 Å². The number of halogens is 3. The smallest absolute Gasteiger partial charge is 0.306 e. The summed E-state index contributed by atoms with van der Waals surface area (Å²) in [5.74, 6) is 0. The van der Waals surface area contributed by atoms with Gasteiger partial charge in [-0.15, -0.1) is 4.36 Å². The highest BCUT2D eigenvalue weighted by Crippen LogP contribution is 2.37. The van der Waals surface area contributed by atoms with Crippen molar-refractivity contribution in [2.24, 2.45) is 4.36 Å². The maximum atomic E-state index is 12.4. The number of hydrogen-bond donors (Lipinski definition) is 1. The normalized spacial score (nSPS) is 13.8. The Morgan fingerprint density at radius 1 is 1.08 bits per heavy atom. The summed E-state index contributed by atoms with van der Waals surface area (Å²) in [4.78, 5) is 12.3. The van der Waals surface area contributed by atoms with Gasteiger partial charge >= 0.3 is 11.5 Å². The molecule has 1 N–H and O–H groups in total. The fraction of sp³-hybridized carbons (Fsp3) is 0.133. The topological polar surface area (TPSA) is 58.5 Å². The lowest BCUT2D eigenvalue weighted by Gasteiger charge is -2.07. The molecule has 2 aromatic carbocycles. The summed E-state index contributed by atoms with van der Waals surface area (Å²) in [5, 5.41) is 2.38. The van der Waals surface area contributed by atoms with Crippen molar-refractivity contribution < 1.29 is 22.2 Å². The van der Waals surface area contributed by atoms with Crippen LogP contribution in [-0.2, 0) is 9.73 Å². The van der Waals surface area contributed by atoms with E-state index in [2.05, 4.69) is 9.68 Å². The highest BCUT2D eigenvalue weighted by atomic mass is 32.2. The molecule has 2 amide bonds. The van der Waals surface area contributed by atoms with Gasteiger partial charge in [0.25, 0.3) is 0 Å². The van der Waals surface area contributed by atoms with Crippen molar-refractivity contribution in [3.8, 4) is 0 Å². The molecule has 0 aromatic heterocycles. The lowest BCUT2D eigenvalue weighted by atomic mass is 10.3. The number of carbonyl (C=O) groups is 1. The van der Waals surface area contributed by atoms with Gasteiger partial charge in [-0.3, -0.25) is 0 Å². The molecule has 0 bridgehead atoms. The van der Waals surface area contributed by atoms with Gasteiger partial charge in [0.05, 0.1) is 9.73 Å². The summed E-state index contributed by atoms with van der Waals surface area (Å²) in [5.41, 5.74) is -4.11. The largest absolute Gasteiger partial charge is 0.446 e. The average Bonchev–Trinajstić information content (AvgIpc) is 2.48. The Kier molecular flexibility index (Phi) is 5.55. The van der Waals surface area contributed by atoms with Crippen LogP contribution in [0.25, 0.3) is 0 Å². The van der Waals surface area contributed by atoms with Gasteiger partial charge in [0, 0.05) is 21.7 Å². The maximum Gasteiger partial charge on any atom is 0.446 e. The number of amides is 2. The molecule has 0 aliphatic carbocycles. The monoisotopic (exact) mass is 374 g/mol. The zero-order valence-corrected chi connectivity index (χ0v) is 14.0. The minimum absolute atomic E-state index is 0.000937. The standard InChI is InChI=1S/C15H13F3N2O2S2/c1-24(22,13-5-3-2-4-6-13)20-14(21)19-11-7-9-12(10-8-11)23-15(16,17)18/h2-10H,1H3,(H,19,21). The van der Waals surface area contributed by atoms with Crippen molar-refractivity contribution in [2.45, 2.75) is 15.3 Å². The molecule has 9 heteroatoms. The number of urea groups is 1. The van der Waals surface area contributed by atoms with Gasteiger partial charge in [0.15, 0.2) is 0 Å². The first-order valence-corrected chi connectivity index (χ1v) is 9.34. The third-order valence-electron chi connectivity index (χ3n) is 2.78. The van der Waals surface area contributed by atoms with E-state index in [-0.39, 0.29) is 22.3 Å². The van der Waals surface area contributed by atoms with Crippen molar-refractivity contribution >= 4 is 33.2 Å². The minimum atomic E-state index is -4.37. The van der Waals surface area contributed by atoms with Crippen LogP contribution in [0.1, 0.15) is 0 Å². The number of thioether (sulfide) groups is 1. The molecule has 0 heterocycles. The summed E-state index contributed by atoms with van der Waals surface area (Å²) in [6, 6.07) is 12.6. The van der Waals surface area contributed by atoms with Gasteiger partial charge in [0.2, 0.25) is 0 Å². The van der Waals surface area contributed by atoms with Gasteiger partial charge in [-0.25, -0.2) is 9.00 Å². The Labute approximate surface area is 141 Å². The van der Waals surface area contributed by atoms with Gasteiger partial charge in [-0.05, 0) is 48.2 Å². The molecule has 0 saturated heterocycles. The van der Waals surface area contributed by atoms with Crippen molar-refractivity contribution in [2.75, 3.05) is 11.6 Å². The molecule has 2 rings (SSSR count). The molecule has 0 saturated carbocycles. The highest BCUT2D eigenvalue weighted by Gasteiger charge is 2.29. The van der Waals surface area contributed by atoms with E-state index in [0.29, 0.717) is 4.90 Å². The number of hydrogen-bond acceptors (Lipinski definition) is 3. The number of alkyl halides is 3.